The van der Waals surface area contributed by atoms with Crippen LogP contribution in [0.2, 0.25) is 0 Å². The fourth-order valence-corrected chi connectivity index (χ4v) is 5.74. The molecule has 5 heteroatoms. The van der Waals surface area contributed by atoms with Crippen LogP contribution in [0.4, 0.5) is 0 Å². The van der Waals surface area contributed by atoms with Crippen molar-refractivity contribution in [3.05, 3.63) is 150 Å². The SMILES string of the molecule is Cc1c[c-]c(-c2cc(C)c(C)cn2)cc1.Cc1ccc2c(n1)oc1c(-c3cc(-c4cc5ccccc5cc4C)ccn3)[c-]ccc12.[Ir]. The molecule has 0 saturated heterocycles. The molecular formula is C42H33IrN3O-2. The smallest absolute Gasteiger partial charge is 0.216 e. The number of furan rings is 1. The molecule has 0 N–H and O–H groups in total. The van der Waals surface area contributed by atoms with E-state index >= 15 is 0 Å². The average Bonchev–Trinajstić information content (AvgIpc) is 3.44. The number of aryl methyl sites for hydroxylation is 5. The van der Waals surface area contributed by atoms with E-state index in [0.29, 0.717) is 5.71 Å². The van der Waals surface area contributed by atoms with E-state index in [1.165, 1.54) is 38.6 Å². The van der Waals surface area contributed by atoms with Gasteiger partial charge in [0.25, 0.3) is 0 Å². The summed E-state index contributed by atoms with van der Waals surface area (Å²) in [6.45, 7) is 10.4. The van der Waals surface area contributed by atoms with Crippen molar-refractivity contribution < 1.29 is 24.5 Å². The first-order chi connectivity index (χ1) is 22.3. The summed E-state index contributed by atoms with van der Waals surface area (Å²) in [5.74, 6) is 0. The number of aromatic nitrogens is 3. The van der Waals surface area contributed by atoms with Gasteiger partial charge >= 0.3 is 0 Å². The third-order valence-corrected chi connectivity index (χ3v) is 8.47. The Morgan fingerprint density at radius 1 is 0.660 bits per heavy atom. The molecule has 0 amide bonds. The van der Waals surface area contributed by atoms with Gasteiger partial charge in [0, 0.05) is 43.6 Å². The molecule has 0 spiro atoms. The number of fused-ring (bicyclic) bond motifs is 4. The fourth-order valence-electron chi connectivity index (χ4n) is 5.74. The van der Waals surface area contributed by atoms with Gasteiger partial charge in [-0.25, -0.2) is 4.98 Å². The maximum Gasteiger partial charge on any atom is 0.216 e. The van der Waals surface area contributed by atoms with Gasteiger partial charge in [0.15, 0.2) is 0 Å². The van der Waals surface area contributed by atoms with Gasteiger partial charge in [0.05, 0.1) is 5.58 Å². The van der Waals surface area contributed by atoms with Crippen LogP contribution < -0.4 is 0 Å². The van der Waals surface area contributed by atoms with Gasteiger partial charge < -0.3 is 14.4 Å². The molecule has 233 valence electrons. The number of nitrogens with zero attached hydrogens (tertiary/aromatic N) is 3. The molecule has 47 heavy (non-hydrogen) atoms. The van der Waals surface area contributed by atoms with Crippen molar-refractivity contribution in [2.45, 2.75) is 34.6 Å². The summed E-state index contributed by atoms with van der Waals surface area (Å²) >= 11 is 0. The third kappa shape index (κ3) is 6.51. The molecule has 0 bridgehead atoms. The predicted octanol–water partition coefficient (Wildman–Crippen LogP) is 10.8. The predicted molar refractivity (Wildman–Crippen MR) is 189 cm³/mol. The summed E-state index contributed by atoms with van der Waals surface area (Å²) in [5, 5.41) is 4.53. The van der Waals surface area contributed by atoms with Gasteiger partial charge in [-0.15, -0.1) is 53.6 Å². The fraction of sp³-hybridized carbons (Fsp3) is 0.119. The van der Waals surface area contributed by atoms with Crippen LogP contribution in [0.25, 0.3) is 66.5 Å². The van der Waals surface area contributed by atoms with Gasteiger partial charge in [-0.2, -0.15) is 0 Å². The largest absolute Gasteiger partial charge is 0.486 e. The molecule has 8 rings (SSSR count). The van der Waals surface area contributed by atoms with E-state index in [2.05, 4.69) is 128 Å². The first-order valence-corrected chi connectivity index (χ1v) is 15.4. The Balaban J connectivity index is 0.000000204. The van der Waals surface area contributed by atoms with Crippen LogP contribution >= 0.6 is 0 Å². The van der Waals surface area contributed by atoms with Gasteiger partial charge in [-0.1, -0.05) is 65.9 Å². The summed E-state index contributed by atoms with van der Waals surface area (Å²) in [5.41, 5.74) is 13.4. The van der Waals surface area contributed by atoms with Crippen LogP contribution in [0.5, 0.6) is 0 Å². The molecule has 0 atom stereocenters. The van der Waals surface area contributed by atoms with E-state index in [0.717, 1.165) is 50.1 Å². The second-order valence-corrected chi connectivity index (χ2v) is 11.9. The molecular weight excluding hydrogens is 755 g/mol. The van der Waals surface area contributed by atoms with E-state index in [-0.39, 0.29) is 20.1 Å². The van der Waals surface area contributed by atoms with E-state index in [1.54, 1.807) is 0 Å². The monoisotopic (exact) mass is 788 g/mol. The Bertz CT molecular complexity index is 2370. The van der Waals surface area contributed by atoms with Crippen LogP contribution in [0.15, 0.2) is 114 Å². The molecule has 4 aromatic heterocycles. The Morgan fingerprint density at radius 2 is 1.47 bits per heavy atom. The van der Waals surface area contributed by atoms with Crippen molar-refractivity contribution in [2.75, 3.05) is 0 Å². The van der Waals surface area contributed by atoms with E-state index < -0.39 is 0 Å². The standard InChI is InChI=1S/C28H19N2O.C14H14N.Ir/c1-17-14-19-6-3-4-7-20(19)15-25(17)21-12-13-29-26(16-21)24-9-5-8-22-23-11-10-18(2)30-28(23)31-27(22)24;1-10-4-6-13(7-5-10)14-8-11(2)12(3)9-15-14;/h3-8,10-16H,1-2H3;4-6,8-9H,1-3H3;/q2*-1;. The van der Waals surface area contributed by atoms with Crippen molar-refractivity contribution in [1.29, 1.82) is 0 Å². The second kappa shape index (κ2) is 13.4. The Morgan fingerprint density at radius 3 is 2.23 bits per heavy atom. The minimum absolute atomic E-state index is 0. The molecule has 0 saturated carbocycles. The van der Waals surface area contributed by atoms with Crippen LogP contribution in [0.3, 0.4) is 0 Å². The van der Waals surface area contributed by atoms with Gasteiger partial charge in [0.1, 0.15) is 0 Å². The Labute approximate surface area is 288 Å². The number of hydrogen-bond donors (Lipinski definition) is 0. The van der Waals surface area contributed by atoms with Crippen molar-refractivity contribution >= 4 is 32.8 Å². The first-order valence-electron chi connectivity index (χ1n) is 15.4. The van der Waals surface area contributed by atoms with Gasteiger partial charge in [0.2, 0.25) is 5.71 Å². The number of hydrogen-bond acceptors (Lipinski definition) is 4. The van der Waals surface area contributed by atoms with Crippen LogP contribution in [0, 0.1) is 46.8 Å². The van der Waals surface area contributed by atoms with E-state index in [4.69, 9.17) is 4.42 Å². The number of pyridine rings is 3. The summed E-state index contributed by atoms with van der Waals surface area (Å²) in [6.07, 6.45) is 3.77. The van der Waals surface area contributed by atoms with Crippen LogP contribution in [-0.4, -0.2) is 15.0 Å². The van der Waals surface area contributed by atoms with Crippen molar-refractivity contribution in [1.82, 2.24) is 15.0 Å². The van der Waals surface area contributed by atoms with Gasteiger partial charge in [-0.3, -0.25) is 0 Å². The Kier molecular flexibility index (Phi) is 9.13. The molecule has 0 aliphatic carbocycles. The molecule has 0 unspecified atom stereocenters. The van der Waals surface area contributed by atoms with E-state index in [1.807, 2.05) is 43.6 Å². The Hall–Kier alpha value is -4.96. The quantitative estimate of drug-likeness (QED) is 0.167. The van der Waals surface area contributed by atoms with E-state index in [9.17, 15) is 0 Å². The first kappa shape index (κ1) is 32.0. The minimum atomic E-state index is 0. The normalized spacial score (nSPS) is 10.9. The molecule has 8 aromatic rings. The zero-order valence-electron chi connectivity index (χ0n) is 27.0. The van der Waals surface area contributed by atoms with Crippen molar-refractivity contribution in [2.24, 2.45) is 0 Å². The topological polar surface area (TPSA) is 51.8 Å². The molecule has 0 aliphatic heterocycles. The molecule has 4 nitrogen and oxygen atoms in total. The van der Waals surface area contributed by atoms with Crippen LogP contribution in [0.1, 0.15) is 27.9 Å². The van der Waals surface area contributed by atoms with Crippen molar-refractivity contribution in [3.63, 3.8) is 0 Å². The maximum absolute atomic E-state index is 6.16. The second-order valence-electron chi connectivity index (χ2n) is 11.9. The summed E-state index contributed by atoms with van der Waals surface area (Å²) in [4.78, 5) is 13.6. The summed E-state index contributed by atoms with van der Waals surface area (Å²) in [6, 6.07) is 40.0. The zero-order chi connectivity index (χ0) is 31.8. The van der Waals surface area contributed by atoms with Crippen molar-refractivity contribution in [3.8, 4) is 33.6 Å². The summed E-state index contributed by atoms with van der Waals surface area (Å²) in [7, 11) is 0. The van der Waals surface area contributed by atoms with Gasteiger partial charge in [-0.05, 0) is 96.4 Å². The molecule has 0 aliphatic rings. The number of benzene rings is 4. The maximum atomic E-state index is 6.16. The average molecular weight is 788 g/mol. The zero-order valence-corrected chi connectivity index (χ0v) is 29.4. The minimum Gasteiger partial charge on any atom is -0.486 e. The molecule has 0 fully saturated rings. The molecule has 1 radical (unpaired) electrons. The molecule has 4 aromatic carbocycles. The summed E-state index contributed by atoms with van der Waals surface area (Å²) < 4.78 is 6.16. The third-order valence-electron chi connectivity index (χ3n) is 8.47. The molecule has 4 heterocycles. The number of rotatable bonds is 3. The van der Waals surface area contributed by atoms with Crippen LogP contribution in [-0.2, 0) is 20.1 Å².